The van der Waals surface area contributed by atoms with Gasteiger partial charge in [-0.05, 0) is 48.4 Å². The number of carbonyl (C=O) groups excluding carboxylic acids is 1. The van der Waals surface area contributed by atoms with Crippen LogP contribution >= 0.6 is 0 Å². The molecule has 0 saturated carbocycles. The minimum absolute atomic E-state index is 0.196. The van der Waals surface area contributed by atoms with Crippen LogP contribution < -0.4 is 29.7 Å². The Morgan fingerprint density at radius 1 is 0.917 bits per heavy atom. The molecule has 8 heteroatoms. The number of benzene rings is 3. The van der Waals surface area contributed by atoms with Crippen LogP contribution in [0.2, 0.25) is 0 Å². The predicted octanol–water partition coefficient (Wildman–Crippen LogP) is 5.07. The van der Waals surface area contributed by atoms with Gasteiger partial charge in [-0.2, -0.15) is 0 Å². The smallest absolute Gasteiger partial charge is 0.262 e. The van der Waals surface area contributed by atoms with Gasteiger partial charge in [0.2, 0.25) is 5.75 Å². The Labute approximate surface area is 208 Å². The zero-order chi connectivity index (χ0) is 25.7. The molecule has 0 bridgehead atoms. The number of aryl methyl sites for hydroxylation is 1. The summed E-state index contributed by atoms with van der Waals surface area (Å²) in [5.41, 5.74) is 2.50. The molecule has 8 nitrogen and oxygen atoms in total. The number of para-hydroxylation sites is 1. The van der Waals surface area contributed by atoms with Crippen LogP contribution in [0.3, 0.4) is 0 Å². The summed E-state index contributed by atoms with van der Waals surface area (Å²) < 4.78 is 27.8. The minimum atomic E-state index is -0.291. The van der Waals surface area contributed by atoms with E-state index >= 15 is 0 Å². The molecule has 186 valence electrons. The van der Waals surface area contributed by atoms with E-state index in [0.717, 1.165) is 17.7 Å². The van der Waals surface area contributed by atoms with E-state index in [9.17, 15) is 9.59 Å². The maximum Gasteiger partial charge on any atom is 0.262 e. The van der Waals surface area contributed by atoms with Crippen molar-refractivity contribution in [2.24, 2.45) is 0 Å². The van der Waals surface area contributed by atoms with Crippen molar-refractivity contribution in [2.75, 3.05) is 33.3 Å². The van der Waals surface area contributed by atoms with Gasteiger partial charge in [0, 0.05) is 17.3 Å². The summed E-state index contributed by atoms with van der Waals surface area (Å²) in [4.78, 5) is 25.3. The third-order valence-electron chi connectivity index (χ3n) is 5.69. The van der Waals surface area contributed by atoms with Gasteiger partial charge in [0.05, 0.1) is 26.7 Å². The Morgan fingerprint density at radius 2 is 1.64 bits per heavy atom. The molecule has 0 radical (unpaired) electrons. The molecule has 0 fully saturated rings. The Kier molecular flexibility index (Phi) is 7.44. The van der Waals surface area contributed by atoms with Crippen molar-refractivity contribution in [3.05, 3.63) is 76.5 Å². The van der Waals surface area contributed by atoms with Crippen LogP contribution in [0, 0.1) is 0 Å². The number of nitrogens with one attached hydrogen (secondary N) is 1. The standard InChI is InChI=1S/C28H27NO7/c1-5-17-8-6-7-9-21(17)29-27(31)16-35-19-10-11-23-20(14-19)22(30)15-24(36-23)18-12-25(32-2)28(34-4)26(13-18)33-3/h6-15H,5,16H2,1-4H3,(H,29,31). The molecule has 36 heavy (non-hydrogen) atoms. The fraction of sp³-hybridized carbons (Fsp3) is 0.214. The Morgan fingerprint density at radius 3 is 2.31 bits per heavy atom. The second-order valence-corrected chi connectivity index (χ2v) is 7.89. The first kappa shape index (κ1) is 24.7. The number of carbonyl (C=O) groups is 1. The minimum Gasteiger partial charge on any atom is -0.493 e. The molecular weight excluding hydrogens is 462 g/mol. The van der Waals surface area contributed by atoms with Crippen molar-refractivity contribution >= 4 is 22.6 Å². The number of amides is 1. The molecule has 3 aromatic carbocycles. The lowest BCUT2D eigenvalue weighted by Gasteiger charge is -2.14. The summed E-state index contributed by atoms with van der Waals surface area (Å²) in [5, 5.41) is 3.19. The monoisotopic (exact) mass is 489 g/mol. The molecule has 0 atom stereocenters. The van der Waals surface area contributed by atoms with Crippen molar-refractivity contribution in [3.8, 4) is 34.3 Å². The average Bonchev–Trinajstić information content (AvgIpc) is 2.91. The van der Waals surface area contributed by atoms with Crippen LogP contribution in [-0.4, -0.2) is 33.8 Å². The zero-order valence-electron chi connectivity index (χ0n) is 20.5. The number of rotatable bonds is 9. The van der Waals surface area contributed by atoms with E-state index in [2.05, 4.69) is 5.32 Å². The molecule has 1 heterocycles. The van der Waals surface area contributed by atoms with E-state index in [1.165, 1.54) is 27.4 Å². The molecule has 1 aromatic heterocycles. The van der Waals surface area contributed by atoms with E-state index in [1.807, 2.05) is 31.2 Å². The quantitative estimate of drug-likeness (QED) is 0.351. The van der Waals surface area contributed by atoms with E-state index in [0.29, 0.717) is 45.3 Å². The Balaban J connectivity index is 1.56. The van der Waals surface area contributed by atoms with Gasteiger partial charge in [0.1, 0.15) is 17.1 Å². The maximum absolute atomic E-state index is 12.9. The van der Waals surface area contributed by atoms with Gasteiger partial charge in [0.15, 0.2) is 23.5 Å². The topological polar surface area (TPSA) is 96.2 Å². The second kappa shape index (κ2) is 10.9. The fourth-order valence-corrected chi connectivity index (χ4v) is 3.88. The summed E-state index contributed by atoms with van der Waals surface area (Å²) >= 11 is 0. The lowest BCUT2D eigenvalue weighted by Crippen LogP contribution is -2.20. The lowest BCUT2D eigenvalue weighted by atomic mass is 10.1. The third-order valence-corrected chi connectivity index (χ3v) is 5.69. The van der Waals surface area contributed by atoms with Crippen LogP contribution in [0.5, 0.6) is 23.0 Å². The van der Waals surface area contributed by atoms with Gasteiger partial charge in [-0.25, -0.2) is 0 Å². The van der Waals surface area contributed by atoms with Crippen molar-refractivity contribution < 1.29 is 28.2 Å². The highest BCUT2D eigenvalue weighted by Crippen LogP contribution is 2.41. The molecule has 0 aliphatic heterocycles. The van der Waals surface area contributed by atoms with Crippen LogP contribution in [0.25, 0.3) is 22.3 Å². The number of fused-ring (bicyclic) bond motifs is 1. The van der Waals surface area contributed by atoms with Gasteiger partial charge in [0.25, 0.3) is 5.91 Å². The first-order valence-electron chi connectivity index (χ1n) is 11.4. The second-order valence-electron chi connectivity index (χ2n) is 7.89. The summed E-state index contributed by atoms with van der Waals surface area (Å²) in [5.74, 6) is 1.76. The molecule has 0 unspecified atom stereocenters. The van der Waals surface area contributed by atoms with E-state index < -0.39 is 0 Å². The third kappa shape index (κ3) is 5.12. The number of hydrogen-bond acceptors (Lipinski definition) is 7. The fourth-order valence-electron chi connectivity index (χ4n) is 3.88. The predicted molar refractivity (Wildman–Crippen MR) is 138 cm³/mol. The highest BCUT2D eigenvalue weighted by atomic mass is 16.5. The molecule has 0 aliphatic rings. The summed E-state index contributed by atoms with van der Waals surface area (Å²) in [6.07, 6.45) is 0.801. The SMILES string of the molecule is CCc1ccccc1NC(=O)COc1ccc2oc(-c3cc(OC)c(OC)c(OC)c3)cc(=O)c2c1. The molecule has 1 N–H and O–H groups in total. The zero-order valence-corrected chi connectivity index (χ0v) is 20.5. The normalized spacial score (nSPS) is 10.7. The molecule has 4 aromatic rings. The molecule has 1 amide bonds. The maximum atomic E-state index is 12.9. The molecule has 4 rings (SSSR count). The lowest BCUT2D eigenvalue weighted by molar-refractivity contribution is -0.118. The highest BCUT2D eigenvalue weighted by molar-refractivity contribution is 5.92. The van der Waals surface area contributed by atoms with Crippen LogP contribution in [-0.2, 0) is 11.2 Å². The van der Waals surface area contributed by atoms with Crippen molar-refractivity contribution in [1.29, 1.82) is 0 Å². The van der Waals surface area contributed by atoms with Crippen LogP contribution in [0.4, 0.5) is 5.69 Å². The Hall–Kier alpha value is -4.46. The summed E-state index contributed by atoms with van der Waals surface area (Å²) in [6.45, 7) is 1.83. The first-order valence-corrected chi connectivity index (χ1v) is 11.4. The van der Waals surface area contributed by atoms with E-state index in [4.69, 9.17) is 23.4 Å². The van der Waals surface area contributed by atoms with Gasteiger partial charge >= 0.3 is 0 Å². The molecular formula is C28H27NO7. The van der Waals surface area contributed by atoms with Crippen molar-refractivity contribution in [2.45, 2.75) is 13.3 Å². The first-order chi connectivity index (χ1) is 17.5. The number of methoxy groups -OCH3 is 3. The Bertz CT molecular complexity index is 1430. The molecule has 0 spiro atoms. The van der Waals surface area contributed by atoms with Gasteiger partial charge in [-0.1, -0.05) is 25.1 Å². The van der Waals surface area contributed by atoms with Gasteiger partial charge in [-0.15, -0.1) is 0 Å². The van der Waals surface area contributed by atoms with Crippen LogP contribution in [0.15, 0.2) is 69.9 Å². The van der Waals surface area contributed by atoms with Crippen molar-refractivity contribution in [1.82, 2.24) is 0 Å². The van der Waals surface area contributed by atoms with Crippen molar-refractivity contribution in [3.63, 3.8) is 0 Å². The van der Waals surface area contributed by atoms with Crippen LogP contribution in [0.1, 0.15) is 12.5 Å². The summed E-state index contributed by atoms with van der Waals surface area (Å²) in [6, 6.07) is 17.3. The number of ether oxygens (including phenoxy) is 4. The highest BCUT2D eigenvalue weighted by Gasteiger charge is 2.17. The average molecular weight is 490 g/mol. The molecule has 0 saturated heterocycles. The van der Waals surface area contributed by atoms with E-state index in [-0.39, 0.29) is 17.9 Å². The largest absolute Gasteiger partial charge is 0.493 e. The molecule has 0 aliphatic carbocycles. The van der Waals surface area contributed by atoms with E-state index in [1.54, 1.807) is 30.3 Å². The number of anilines is 1. The van der Waals surface area contributed by atoms with Gasteiger partial charge < -0.3 is 28.7 Å². The van der Waals surface area contributed by atoms with Gasteiger partial charge in [-0.3, -0.25) is 9.59 Å². The number of hydrogen-bond donors (Lipinski definition) is 1. The summed E-state index contributed by atoms with van der Waals surface area (Å²) in [7, 11) is 4.55.